The Labute approximate surface area is 111 Å². The highest BCUT2D eigenvalue weighted by atomic mass is 16.3. The first-order chi connectivity index (χ1) is 9.26. The highest BCUT2D eigenvalue weighted by Gasteiger charge is 2.25. The first kappa shape index (κ1) is 11.9. The lowest BCUT2D eigenvalue weighted by Crippen LogP contribution is -2.22. The van der Waals surface area contributed by atoms with Crippen LogP contribution in [0.1, 0.15) is 29.5 Å². The van der Waals surface area contributed by atoms with E-state index in [4.69, 9.17) is 9.68 Å². The molecule has 0 bridgehead atoms. The van der Waals surface area contributed by atoms with E-state index >= 15 is 0 Å². The van der Waals surface area contributed by atoms with E-state index in [1.165, 1.54) is 6.39 Å². The summed E-state index contributed by atoms with van der Waals surface area (Å²) in [5.74, 6) is 0.884. The Bertz CT molecular complexity index is 609. The molecule has 1 aliphatic heterocycles. The molecule has 6 heteroatoms. The molecule has 19 heavy (non-hydrogen) atoms. The quantitative estimate of drug-likeness (QED) is 0.833. The van der Waals surface area contributed by atoms with Crippen molar-refractivity contribution in [2.24, 2.45) is 0 Å². The standard InChI is InChI=1S/C13H15N5O/c1-10-13(15-9-19-10)8-17-3-2-12(7-17)18-6-11(4-14)5-16-18/h5-6,9,12H,2-3,7-8H2,1H3. The second kappa shape index (κ2) is 4.86. The molecule has 2 aromatic rings. The van der Waals surface area contributed by atoms with Crippen LogP contribution in [0.15, 0.2) is 23.2 Å². The molecule has 0 amide bonds. The van der Waals surface area contributed by atoms with Gasteiger partial charge in [0.25, 0.3) is 0 Å². The average Bonchev–Trinajstić information content (AvgIpc) is 3.12. The van der Waals surface area contributed by atoms with Gasteiger partial charge in [0.05, 0.1) is 23.5 Å². The normalized spacial score (nSPS) is 19.7. The first-order valence-electron chi connectivity index (χ1n) is 6.32. The fourth-order valence-electron chi connectivity index (χ4n) is 2.46. The van der Waals surface area contributed by atoms with Crippen molar-refractivity contribution in [1.29, 1.82) is 5.26 Å². The summed E-state index contributed by atoms with van der Waals surface area (Å²) in [6.07, 6.45) is 5.97. The Balaban J connectivity index is 1.64. The van der Waals surface area contributed by atoms with E-state index in [1.807, 2.05) is 17.8 Å². The smallest absolute Gasteiger partial charge is 0.181 e. The minimum absolute atomic E-state index is 0.342. The van der Waals surface area contributed by atoms with Crippen LogP contribution in [0, 0.1) is 18.3 Å². The molecule has 0 aromatic carbocycles. The van der Waals surface area contributed by atoms with Gasteiger partial charge in [-0.2, -0.15) is 10.4 Å². The van der Waals surface area contributed by atoms with Crippen LogP contribution < -0.4 is 0 Å². The van der Waals surface area contributed by atoms with E-state index < -0.39 is 0 Å². The number of nitriles is 1. The average molecular weight is 257 g/mol. The molecule has 2 aromatic heterocycles. The first-order valence-corrected chi connectivity index (χ1v) is 6.32. The van der Waals surface area contributed by atoms with Crippen molar-refractivity contribution in [1.82, 2.24) is 19.7 Å². The van der Waals surface area contributed by atoms with Gasteiger partial charge in [-0.1, -0.05) is 0 Å². The minimum atomic E-state index is 0.342. The summed E-state index contributed by atoms with van der Waals surface area (Å²) in [4.78, 5) is 6.56. The van der Waals surface area contributed by atoms with Crippen molar-refractivity contribution >= 4 is 0 Å². The van der Waals surface area contributed by atoms with Gasteiger partial charge in [-0.25, -0.2) is 4.98 Å². The molecule has 3 rings (SSSR count). The molecule has 0 radical (unpaired) electrons. The van der Waals surface area contributed by atoms with E-state index in [0.29, 0.717) is 11.6 Å². The molecular formula is C13H15N5O. The SMILES string of the molecule is Cc1ocnc1CN1CCC(n2cc(C#N)cn2)C1. The van der Waals surface area contributed by atoms with Gasteiger partial charge >= 0.3 is 0 Å². The van der Waals surface area contributed by atoms with Gasteiger partial charge in [0.2, 0.25) is 0 Å². The Morgan fingerprint density at radius 3 is 3.16 bits per heavy atom. The van der Waals surface area contributed by atoms with Gasteiger partial charge < -0.3 is 4.42 Å². The third-order valence-electron chi connectivity index (χ3n) is 3.57. The van der Waals surface area contributed by atoms with Crippen molar-refractivity contribution in [3.8, 4) is 6.07 Å². The van der Waals surface area contributed by atoms with Crippen LogP contribution in [-0.2, 0) is 6.54 Å². The topological polar surface area (TPSA) is 70.9 Å². The number of hydrogen-bond acceptors (Lipinski definition) is 5. The molecule has 0 N–H and O–H groups in total. The lowest BCUT2D eigenvalue weighted by atomic mass is 10.3. The molecular weight excluding hydrogens is 242 g/mol. The summed E-state index contributed by atoms with van der Waals surface area (Å²) >= 11 is 0. The molecule has 1 fully saturated rings. The van der Waals surface area contributed by atoms with E-state index in [0.717, 1.165) is 37.5 Å². The lowest BCUT2D eigenvalue weighted by molar-refractivity contribution is 0.306. The monoisotopic (exact) mass is 257 g/mol. The van der Waals surface area contributed by atoms with Crippen molar-refractivity contribution < 1.29 is 4.42 Å². The van der Waals surface area contributed by atoms with Crippen LogP contribution in [0.5, 0.6) is 0 Å². The summed E-state index contributed by atoms with van der Waals surface area (Å²) in [7, 11) is 0. The fraction of sp³-hybridized carbons (Fsp3) is 0.462. The Hall–Kier alpha value is -2.13. The van der Waals surface area contributed by atoms with Crippen LogP contribution in [0.3, 0.4) is 0 Å². The predicted octanol–water partition coefficient (Wildman–Crippen LogP) is 1.50. The molecule has 6 nitrogen and oxygen atoms in total. The number of rotatable bonds is 3. The molecule has 0 aliphatic carbocycles. The second-order valence-corrected chi connectivity index (χ2v) is 4.85. The van der Waals surface area contributed by atoms with Gasteiger partial charge in [0, 0.05) is 25.8 Å². The summed E-state index contributed by atoms with van der Waals surface area (Å²) in [6, 6.07) is 2.45. The molecule has 1 unspecified atom stereocenters. The second-order valence-electron chi connectivity index (χ2n) is 4.85. The number of oxazole rings is 1. The zero-order chi connectivity index (χ0) is 13.2. The van der Waals surface area contributed by atoms with Crippen LogP contribution in [0.2, 0.25) is 0 Å². The highest BCUT2D eigenvalue weighted by Crippen LogP contribution is 2.23. The lowest BCUT2D eigenvalue weighted by Gasteiger charge is -2.14. The summed E-state index contributed by atoms with van der Waals surface area (Å²) < 4.78 is 7.11. The maximum atomic E-state index is 8.82. The van der Waals surface area contributed by atoms with Crippen molar-refractivity contribution in [3.63, 3.8) is 0 Å². The van der Waals surface area contributed by atoms with Gasteiger partial charge in [-0.3, -0.25) is 9.58 Å². The molecule has 1 saturated heterocycles. The highest BCUT2D eigenvalue weighted by molar-refractivity contribution is 5.22. The number of likely N-dealkylation sites (tertiary alicyclic amines) is 1. The number of hydrogen-bond donors (Lipinski definition) is 0. The Morgan fingerprint density at radius 2 is 2.47 bits per heavy atom. The van der Waals surface area contributed by atoms with Crippen LogP contribution in [0.4, 0.5) is 0 Å². The fourth-order valence-corrected chi connectivity index (χ4v) is 2.46. The molecule has 1 aliphatic rings. The number of aromatic nitrogens is 3. The van der Waals surface area contributed by atoms with E-state index in [-0.39, 0.29) is 0 Å². The summed E-state index contributed by atoms with van der Waals surface area (Å²) in [6.45, 7) is 4.69. The third-order valence-corrected chi connectivity index (χ3v) is 3.57. The van der Waals surface area contributed by atoms with Crippen LogP contribution in [0.25, 0.3) is 0 Å². The molecule has 1 atom stereocenters. The van der Waals surface area contributed by atoms with Crippen LogP contribution in [-0.4, -0.2) is 32.8 Å². The Kier molecular flexibility index (Phi) is 3.05. The third kappa shape index (κ3) is 2.37. The van der Waals surface area contributed by atoms with Gasteiger partial charge in [0.1, 0.15) is 11.8 Å². The largest absolute Gasteiger partial charge is 0.448 e. The van der Waals surface area contributed by atoms with Gasteiger partial charge in [-0.15, -0.1) is 0 Å². The predicted molar refractivity (Wildman–Crippen MR) is 67.1 cm³/mol. The van der Waals surface area contributed by atoms with Crippen LogP contribution >= 0.6 is 0 Å². The van der Waals surface area contributed by atoms with E-state index in [9.17, 15) is 0 Å². The maximum Gasteiger partial charge on any atom is 0.181 e. The summed E-state index contributed by atoms with van der Waals surface area (Å²) in [5.41, 5.74) is 1.62. The minimum Gasteiger partial charge on any atom is -0.448 e. The summed E-state index contributed by atoms with van der Waals surface area (Å²) in [5, 5.41) is 13.1. The maximum absolute atomic E-state index is 8.82. The number of aryl methyl sites for hydroxylation is 1. The molecule has 3 heterocycles. The zero-order valence-electron chi connectivity index (χ0n) is 10.8. The van der Waals surface area contributed by atoms with Crippen molar-refractivity contribution in [3.05, 3.63) is 35.8 Å². The van der Waals surface area contributed by atoms with E-state index in [1.54, 1.807) is 6.20 Å². The zero-order valence-corrected chi connectivity index (χ0v) is 10.8. The van der Waals surface area contributed by atoms with Gasteiger partial charge in [0.15, 0.2) is 6.39 Å². The molecule has 0 saturated carbocycles. The molecule has 98 valence electrons. The van der Waals surface area contributed by atoms with E-state index in [2.05, 4.69) is 21.1 Å². The van der Waals surface area contributed by atoms with Crippen molar-refractivity contribution in [2.75, 3.05) is 13.1 Å². The Morgan fingerprint density at radius 1 is 1.58 bits per heavy atom. The molecule has 0 spiro atoms. The van der Waals surface area contributed by atoms with Gasteiger partial charge in [-0.05, 0) is 13.3 Å². The number of nitrogens with zero attached hydrogens (tertiary/aromatic N) is 5. The van der Waals surface area contributed by atoms with Crippen molar-refractivity contribution in [2.45, 2.75) is 25.9 Å².